The molecule has 2 aliphatic rings. The van der Waals surface area contributed by atoms with E-state index in [1.807, 2.05) is 36.4 Å². The van der Waals surface area contributed by atoms with Gasteiger partial charge >= 0.3 is 5.97 Å². The lowest BCUT2D eigenvalue weighted by Gasteiger charge is -2.36. The molecule has 240 valence electrons. The third-order valence-corrected chi connectivity index (χ3v) is 9.23. The van der Waals surface area contributed by atoms with Crippen molar-refractivity contribution in [3.8, 4) is 5.88 Å². The van der Waals surface area contributed by atoms with Crippen LogP contribution in [-0.4, -0.2) is 72.5 Å². The Morgan fingerprint density at radius 3 is 2.63 bits per heavy atom. The Kier molecular flexibility index (Phi) is 8.39. The van der Waals surface area contributed by atoms with Crippen molar-refractivity contribution in [3.63, 3.8) is 0 Å². The summed E-state index contributed by atoms with van der Waals surface area (Å²) in [5.74, 6) is 0.788. The third-order valence-electron chi connectivity index (χ3n) is 9.23. The van der Waals surface area contributed by atoms with Crippen LogP contribution in [0.5, 0.6) is 5.88 Å². The van der Waals surface area contributed by atoms with Gasteiger partial charge < -0.3 is 19.1 Å². The molecule has 0 radical (unpaired) electrons. The second kappa shape index (κ2) is 12.8. The summed E-state index contributed by atoms with van der Waals surface area (Å²) in [5.41, 5.74) is 4.37. The number of fused-ring (bicyclic) bond motifs is 2. The molecule has 46 heavy (non-hydrogen) atoms. The number of halogens is 2. The third kappa shape index (κ3) is 6.19. The highest BCUT2D eigenvalue weighted by atomic mass is 19.3. The van der Waals surface area contributed by atoms with Gasteiger partial charge in [0, 0.05) is 29.7 Å². The second-order valence-corrected chi connectivity index (χ2v) is 12.2. The van der Waals surface area contributed by atoms with Crippen LogP contribution in [-0.2, 0) is 24.4 Å². The minimum atomic E-state index is -2.48. The number of alkyl halides is 2. The van der Waals surface area contributed by atoms with Crippen molar-refractivity contribution < 1.29 is 28.2 Å². The van der Waals surface area contributed by atoms with Crippen molar-refractivity contribution in [2.75, 3.05) is 19.7 Å². The van der Waals surface area contributed by atoms with E-state index >= 15 is 0 Å². The number of hydrogen-bond acceptors (Lipinski definition) is 7. The Bertz CT molecular complexity index is 1860. The number of hydrogen-bond donors (Lipinski definition) is 1. The largest absolute Gasteiger partial charge is 0.478 e. The molecule has 3 aromatic heterocycles. The SMILES string of the molecule is C[C@@H](c1nc2ccc(C(=O)O)cc2n1CC1CCO1)N1CCC(c2cccc(OCc3ccc4cnn(CC(F)F)c4c3)n2)CC1. The number of piperidine rings is 1. The lowest BCUT2D eigenvalue weighted by molar-refractivity contribution is -0.0594. The zero-order valence-electron chi connectivity index (χ0n) is 25.6. The molecule has 2 aromatic carbocycles. The van der Waals surface area contributed by atoms with E-state index in [0.29, 0.717) is 17.9 Å². The molecular weight excluding hydrogens is 594 g/mol. The standard InChI is InChI=1S/C34H36F2N6O4/c1-21(33-39-28-8-7-24(34(43)44)16-30(28)41(33)18-26-11-14-45-26)40-12-9-23(10-13-40)27-3-2-4-32(38-27)46-20-22-5-6-25-17-37-42(19-31(35)36)29(25)15-22/h2-8,15-17,21,23,26,31H,9-14,18-20H2,1H3,(H,43,44)/t21-,26?/m0/s1. The van der Waals surface area contributed by atoms with E-state index in [-0.39, 0.29) is 30.2 Å². The van der Waals surface area contributed by atoms with E-state index < -0.39 is 18.9 Å². The first kappa shape index (κ1) is 30.2. The summed E-state index contributed by atoms with van der Waals surface area (Å²) < 4.78 is 41.1. The summed E-state index contributed by atoms with van der Waals surface area (Å²) in [4.78, 5) is 23.9. The molecule has 0 aliphatic carbocycles. The molecule has 12 heteroatoms. The van der Waals surface area contributed by atoms with Gasteiger partial charge in [0.2, 0.25) is 5.88 Å². The van der Waals surface area contributed by atoms with Crippen LogP contribution in [0, 0.1) is 0 Å². The average molecular weight is 631 g/mol. The molecule has 0 amide bonds. The molecule has 1 unspecified atom stereocenters. The quantitative estimate of drug-likeness (QED) is 0.188. The van der Waals surface area contributed by atoms with Gasteiger partial charge in [-0.05, 0) is 75.2 Å². The number of imidazole rings is 1. The monoisotopic (exact) mass is 630 g/mol. The van der Waals surface area contributed by atoms with Crippen LogP contribution in [0.15, 0.2) is 60.8 Å². The minimum Gasteiger partial charge on any atom is -0.478 e. The van der Waals surface area contributed by atoms with Crippen molar-refractivity contribution in [2.45, 2.75) is 70.4 Å². The molecule has 7 rings (SSSR count). The maximum atomic E-state index is 13.0. The Hall–Kier alpha value is -4.42. The molecule has 5 aromatic rings. The summed E-state index contributed by atoms with van der Waals surface area (Å²) >= 11 is 0. The Balaban J connectivity index is 1.01. The zero-order valence-corrected chi connectivity index (χ0v) is 25.6. The van der Waals surface area contributed by atoms with Crippen molar-refractivity contribution in [1.82, 2.24) is 29.2 Å². The van der Waals surface area contributed by atoms with Crippen molar-refractivity contribution >= 4 is 27.9 Å². The number of likely N-dealkylation sites (tertiary alicyclic amines) is 1. The van der Waals surface area contributed by atoms with Gasteiger partial charge in [-0.25, -0.2) is 23.5 Å². The minimum absolute atomic E-state index is 0.0404. The highest BCUT2D eigenvalue weighted by Gasteiger charge is 2.30. The number of aromatic nitrogens is 5. The predicted octanol–water partition coefficient (Wildman–Crippen LogP) is 6.05. The van der Waals surface area contributed by atoms with Crippen LogP contribution in [0.25, 0.3) is 21.9 Å². The zero-order chi connectivity index (χ0) is 31.8. The maximum Gasteiger partial charge on any atom is 0.335 e. The van der Waals surface area contributed by atoms with Crippen LogP contribution in [0.4, 0.5) is 8.78 Å². The number of rotatable bonds is 11. The molecule has 0 spiro atoms. The molecule has 0 saturated carbocycles. The molecule has 5 heterocycles. The van der Waals surface area contributed by atoms with Gasteiger partial charge in [-0.1, -0.05) is 18.2 Å². The topological polar surface area (TPSA) is 108 Å². The number of benzene rings is 2. The average Bonchev–Trinajstić information content (AvgIpc) is 3.61. The Labute approximate surface area is 264 Å². The van der Waals surface area contributed by atoms with Crippen LogP contribution in [0.3, 0.4) is 0 Å². The van der Waals surface area contributed by atoms with Crippen molar-refractivity contribution in [3.05, 3.63) is 83.4 Å². The Morgan fingerprint density at radius 1 is 1.07 bits per heavy atom. The summed E-state index contributed by atoms with van der Waals surface area (Å²) in [6.45, 7) is 5.13. The highest BCUT2D eigenvalue weighted by molar-refractivity contribution is 5.92. The molecule has 2 atom stereocenters. The number of nitrogens with zero attached hydrogens (tertiary/aromatic N) is 6. The fourth-order valence-electron chi connectivity index (χ4n) is 6.54. The number of carbonyl (C=O) groups is 1. The van der Waals surface area contributed by atoms with E-state index in [9.17, 15) is 18.7 Å². The number of ether oxygens (including phenoxy) is 2. The fourth-order valence-corrected chi connectivity index (χ4v) is 6.54. The smallest absolute Gasteiger partial charge is 0.335 e. The lowest BCUT2D eigenvalue weighted by atomic mass is 9.92. The maximum absolute atomic E-state index is 13.0. The van der Waals surface area contributed by atoms with Gasteiger partial charge in [-0.2, -0.15) is 5.10 Å². The molecule has 2 saturated heterocycles. The normalized spacial score (nSPS) is 18.3. The van der Waals surface area contributed by atoms with Gasteiger partial charge in [-0.15, -0.1) is 0 Å². The second-order valence-electron chi connectivity index (χ2n) is 12.2. The molecule has 1 N–H and O–H groups in total. The van der Waals surface area contributed by atoms with Gasteiger partial charge in [0.15, 0.2) is 0 Å². The van der Waals surface area contributed by atoms with E-state index in [1.165, 1.54) is 4.68 Å². The molecule has 10 nitrogen and oxygen atoms in total. The fraction of sp³-hybridized carbons (Fsp3) is 0.412. The Morgan fingerprint density at radius 2 is 1.89 bits per heavy atom. The molecule has 2 fully saturated rings. The highest BCUT2D eigenvalue weighted by Crippen LogP contribution is 2.34. The first-order valence-corrected chi connectivity index (χ1v) is 15.7. The van der Waals surface area contributed by atoms with E-state index in [0.717, 1.165) is 72.5 Å². The van der Waals surface area contributed by atoms with Gasteiger partial charge in [-0.3, -0.25) is 9.58 Å². The van der Waals surface area contributed by atoms with Crippen molar-refractivity contribution in [2.24, 2.45) is 0 Å². The predicted molar refractivity (Wildman–Crippen MR) is 167 cm³/mol. The number of aromatic carboxylic acids is 1. The molecule has 2 aliphatic heterocycles. The van der Waals surface area contributed by atoms with Gasteiger partial charge in [0.05, 0.1) is 47.0 Å². The van der Waals surface area contributed by atoms with E-state index in [1.54, 1.807) is 24.4 Å². The van der Waals surface area contributed by atoms with Crippen LogP contribution in [0.1, 0.15) is 65.6 Å². The molecule has 0 bridgehead atoms. The summed E-state index contributed by atoms with van der Waals surface area (Å²) in [6.07, 6.45) is 2.07. The van der Waals surface area contributed by atoms with Crippen LogP contribution in [0.2, 0.25) is 0 Å². The number of carboxylic acid groups (broad SMARTS) is 1. The summed E-state index contributed by atoms with van der Waals surface area (Å²) in [5, 5.41) is 14.5. The summed E-state index contributed by atoms with van der Waals surface area (Å²) in [7, 11) is 0. The van der Waals surface area contributed by atoms with E-state index in [2.05, 4.69) is 21.5 Å². The van der Waals surface area contributed by atoms with Crippen LogP contribution < -0.4 is 4.74 Å². The lowest BCUT2D eigenvalue weighted by Crippen LogP contribution is -2.37. The number of pyridine rings is 1. The van der Waals surface area contributed by atoms with E-state index in [4.69, 9.17) is 19.4 Å². The van der Waals surface area contributed by atoms with Gasteiger partial charge in [0.1, 0.15) is 19.0 Å². The van der Waals surface area contributed by atoms with Gasteiger partial charge in [0.25, 0.3) is 6.43 Å². The van der Waals surface area contributed by atoms with Crippen molar-refractivity contribution in [1.29, 1.82) is 0 Å². The molecular formula is C34H36F2N6O4. The first-order chi connectivity index (χ1) is 22.3. The van der Waals surface area contributed by atoms with Crippen LogP contribution >= 0.6 is 0 Å². The first-order valence-electron chi connectivity index (χ1n) is 15.7. The summed E-state index contributed by atoms with van der Waals surface area (Å²) in [6, 6.07) is 16.6. The number of carboxylic acids is 1.